The number of benzene rings is 5. The zero-order chi connectivity index (χ0) is 30.8. The highest BCUT2D eigenvalue weighted by molar-refractivity contribution is 7.92. The minimum Gasteiger partial charge on any atom is -0.322 e. The molecule has 2 N–H and O–H groups in total. The highest BCUT2D eigenvalue weighted by atomic mass is 32.2. The number of carbonyl (C=O) groups excluding carboxylic acids is 1. The average Bonchev–Trinajstić information content (AvgIpc) is 2.97. The Labute approximate surface area is 252 Å². The van der Waals surface area contributed by atoms with Gasteiger partial charge < -0.3 is 5.32 Å². The van der Waals surface area contributed by atoms with E-state index >= 15 is 0 Å². The highest BCUT2D eigenvalue weighted by Crippen LogP contribution is 2.27. The first-order chi connectivity index (χ1) is 20.4. The van der Waals surface area contributed by atoms with E-state index in [-0.39, 0.29) is 17.3 Å². The molecule has 0 unspecified atom stereocenters. The second kappa shape index (κ2) is 11.9. The molecule has 5 rings (SSSR count). The van der Waals surface area contributed by atoms with Gasteiger partial charge in [0, 0.05) is 16.6 Å². The van der Waals surface area contributed by atoms with Crippen molar-refractivity contribution in [3.63, 3.8) is 0 Å². The lowest BCUT2D eigenvalue weighted by Crippen LogP contribution is -2.29. The summed E-state index contributed by atoms with van der Waals surface area (Å²) in [5, 5.41) is 4.48. The molecule has 0 aromatic heterocycles. The van der Waals surface area contributed by atoms with Crippen LogP contribution in [0, 0.1) is 13.8 Å². The number of amides is 1. The van der Waals surface area contributed by atoms with Gasteiger partial charge >= 0.3 is 0 Å². The van der Waals surface area contributed by atoms with E-state index in [0.717, 1.165) is 21.9 Å². The second-order valence-electron chi connectivity index (χ2n) is 10.3. The third-order valence-electron chi connectivity index (χ3n) is 7.18. The number of sulfonamides is 2. The van der Waals surface area contributed by atoms with Gasteiger partial charge in [-0.1, -0.05) is 54.6 Å². The molecule has 0 radical (unpaired) electrons. The van der Waals surface area contributed by atoms with E-state index in [1.165, 1.54) is 34.8 Å². The molecule has 5 aromatic carbocycles. The number of hydrogen-bond acceptors (Lipinski definition) is 5. The van der Waals surface area contributed by atoms with E-state index in [9.17, 15) is 21.6 Å². The molecular formula is C33H31N3O5S2. The first-order valence-corrected chi connectivity index (χ1v) is 16.8. The molecule has 220 valence electrons. The van der Waals surface area contributed by atoms with Gasteiger partial charge in [-0.2, -0.15) is 0 Å². The fraction of sp³-hybridized carbons (Fsp3) is 0.121. The molecule has 10 heteroatoms. The van der Waals surface area contributed by atoms with Gasteiger partial charge in [-0.05, 0) is 90.5 Å². The standard InChI is InChI=1S/C33H31N3O5S2/c1-23-11-18-29(21-24(23)2)36(42(3,38)39)22-25-12-14-27(15-13-25)33(37)34-28-16-19-30(20-17-28)43(40,41)35-32-10-6-8-26-7-4-5-9-31(26)32/h4-21,35H,22H2,1-3H3,(H,34,37). The van der Waals surface area contributed by atoms with Gasteiger partial charge in [0.05, 0.1) is 29.1 Å². The quantitative estimate of drug-likeness (QED) is 0.198. The summed E-state index contributed by atoms with van der Waals surface area (Å²) >= 11 is 0. The molecular weight excluding hydrogens is 583 g/mol. The lowest BCUT2D eigenvalue weighted by Gasteiger charge is -2.23. The molecule has 5 aromatic rings. The van der Waals surface area contributed by atoms with Crippen LogP contribution in [-0.4, -0.2) is 29.0 Å². The van der Waals surface area contributed by atoms with Crippen molar-refractivity contribution in [2.75, 3.05) is 20.6 Å². The lowest BCUT2D eigenvalue weighted by molar-refractivity contribution is 0.102. The fourth-order valence-corrected chi connectivity index (χ4v) is 6.61. The topological polar surface area (TPSA) is 113 Å². The van der Waals surface area contributed by atoms with Gasteiger partial charge in [-0.3, -0.25) is 13.8 Å². The van der Waals surface area contributed by atoms with Crippen LogP contribution >= 0.6 is 0 Å². The van der Waals surface area contributed by atoms with Crippen molar-refractivity contribution < 1.29 is 21.6 Å². The Bertz CT molecular complexity index is 2020. The molecule has 0 saturated carbocycles. The van der Waals surface area contributed by atoms with Crippen LogP contribution in [0.5, 0.6) is 0 Å². The Morgan fingerprint density at radius 3 is 2.09 bits per heavy atom. The van der Waals surface area contributed by atoms with Crippen molar-refractivity contribution in [1.82, 2.24) is 0 Å². The van der Waals surface area contributed by atoms with Crippen LogP contribution in [0.4, 0.5) is 17.1 Å². The summed E-state index contributed by atoms with van der Waals surface area (Å²) in [4.78, 5) is 13.0. The van der Waals surface area contributed by atoms with Gasteiger partial charge in [0.15, 0.2) is 0 Å². The third-order valence-corrected chi connectivity index (χ3v) is 9.70. The summed E-state index contributed by atoms with van der Waals surface area (Å²) in [6.07, 6.45) is 1.17. The molecule has 0 heterocycles. The van der Waals surface area contributed by atoms with Crippen LogP contribution in [0.25, 0.3) is 10.8 Å². The molecule has 0 aliphatic rings. The molecule has 0 bridgehead atoms. The van der Waals surface area contributed by atoms with Crippen LogP contribution in [-0.2, 0) is 26.6 Å². The van der Waals surface area contributed by atoms with Crippen molar-refractivity contribution >= 4 is 53.8 Å². The van der Waals surface area contributed by atoms with Gasteiger partial charge in [-0.25, -0.2) is 16.8 Å². The van der Waals surface area contributed by atoms with Crippen LogP contribution in [0.1, 0.15) is 27.0 Å². The highest BCUT2D eigenvalue weighted by Gasteiger charge is 2.19. The summed E-state index contributed by atoms with van der Waals surface area (Å²) in [5.41, 5.74) is 4.63. The van der Waals surface area contributed by atoms with E-state index in [1.807, 2.05) is 56.3 Å². The zero-order valence-corrected chi connectivity index (χ0v) is 25.5. The zero-order valence-electron chi connectivity index (χ0n) is 23.9. The predicted molar refractivity (Wildman–Crippen MR) is 173 cm³/mol. The van der Waals surface area contributed by atoms with Crippen LogP contribution in [0.3, 0.4) is 0 Å². The number of rotatable bonds is 9. The first-order valence-electron chi connectivity index (χ1n) is 13.5. The monoisotopic (exact) mass is 613 g/mol. The largest absolute Gasteiger partial charge is 0.322 e. The number of nitrogens with zero attached hydrogens (tertiary/aromatic N) is 1. The molecule has 43 heavy (non-hydrogen) atoms. The first kappa shape index (κ1) is 29.8. The van der Waals surface area contributed by atoms with Crippen molar-refractivity contribution in [2.45, 2.75) is 25.3 Å². The van der Waals surface area contributed by atoms with E-state index < -0.39 is 20.0 Å². The van der Waals surface area contributed by atoms with Crippen molar-refractivity contribution in [3.05, 3.63) is 131 Å². The number of anilines is 3. The van der Waals surface area contributed by atoms with Gasteiger partial charge in [0.2, 0.25) is 10.0 Å². The molecule has 0 saturated heterocycles. The summed E-state index contributed by atoms with van der Waals surface area (Å²) in [6, 6.07) is 31.0. The number of fused-ring (bicyclic) bond motifs is 1. The Morgan fingerprint density at radius 1 is 0.744 bits per heavy atom. The smallest absolute Gasteiger partial charge is 0.261 e. The van der Waals surface area contributed by atoms with Crippen molar-refractivity contribution in [1.29, 1.82) is 0 Å². The maximum Gasteiger partial charge on any atom is 0.261 e. The van der Waals surface area contributed by atoms with Gasteiger partial charge in [-0.15, -0.1) is 0 Å². The Kier molecular flexibility index (Phi) is 8.25. The van der Waals surface area contributed by atoms with Crippen molar-refractivity contribution in [2.24, 2.45) is 0 Å². The Balaban J connectivity index is 1.26. The average molecular weight is 614 g/mol. The van der Waals surface area contributed by atoms with Crippen LogP contribution in [0.15, 0.2) is 114 Å². The summed E-state index contributed by atoms with van der Waals surface area (Å²) in [7, 11) is -7.41. The molecule has 0 aliphatic carbocycles. The van der Waals surface area contributed by atoms with E-state index in [2.05, 4.69) is 10.0 Å². The van der Waals surface area contributed by atoms with E-state index in [4.69, 9.17) is 0 Å². The van der Waals surface area contributed by atoms with Crippen LogP contribution < -0.4 is 14.3 Å². The summed E-state index contributed by atoms with van der Waals surface area (Å²) in [6.45, 7) is 4.02. The van der Waals surface area contributed by atoms with E-state index in [1.54, 1.807) is 42.5 Å². The number of aryl methyl sites for hydroxylation is 2. The SMILES string of the molecule is Cc1ccc(N(Cc2ccc(C(=O)Nc3ccc(S(=O)(=O)Nc4cccc5ccccc45)cc3)cc2)S(C)(=O)=O)cc1C. The Hall–Kier alpha value is -4.67. The molecule has 0 atom stereocenters. The van der Waals surface area contributed by atoms with Gasteiger partial charge in [0.25, 0.3) is 15.9 Å². The summed E-state index contributed by atoms with van der Waals surface area (Å²) in [5.74, 6) is -0.384. The fourth-order valence-electron chi connectivity index (χ4n) is 4.65. The minimum absolute atomic E-state index is 0.0574. The normalized spacial score (nSPS) is 11.7. The predicted octanol–water partition coefficient (Wildman–Crippen LogP) is 6.48. The van der Waals surface area contributed by atoms with E-state index in [0.29, 0.717) is 28.2 Å². The number of hydrogen-bond donors (Lipinski definition) is 2. The number of nitrogens with one attached hydrogen (secondary N) is 2. The van der Waals surface area contributed by atoms with Gasteiger partial charge in [0.1, 0.15) is 0 Å². The lowest BCUT2D eigenvalue weighted by atomic mass is 10.1. The minimum atomic E-state index is -3.86. The van der Waals surface area contributed by atoms with Crippen LogP contribution in [0.2, 0.25) is 0 Å². The Morgan fingerprint density at radius 2 is 1.42 bits per heavy atom. The second-order valence-corrected chi connectivity index (χ2v) is 13.9. The van der Waals surface area contributed by atoms with Crippen molar-refractivity contribution in [3.8, 4) is 0 Å². The molecule has 8 nitrogen and oxygen atoms in total. The maximum atomic E-state index is 13.1. The molecule has 0 spiro atoms. The maximum absolute atomic E-state index is 13.1. The molecule has 1 amide bonds. The number of carbonyl (C=O) groups is 1. The molecule has 0 aliphatic heterocycles. The molecule has 0 fully saturated rings. The summed E-state index contributed by atoms with van der Waals surface area (Å²) < 4.78 is 55.2. The third kappa shape index (κ3) is 6.87.